The molecule has 0 aliphatic carbocycles. The van der Waals surface area contributed by atoms with Crippen molar-refractivity contribution in [3.8, 4) is 11.5 Å². The number of nitrogens with zero attached hydrogens (tertiary/aromatic N) is 1. The fourth-order valence-corrected chi connectivity index (χ4v) is 3.19. The van der Waals surface area contributed by atoms with Crippen molar-refractivity contribution < 1.29 is 24.2 Å². The molecule has 27 heavy (non-hydrogen) atoms. The van der Waals surface area contributed by atoms with E-state index in [0.29, 0.717) is 18.6 Å². The van der Waals surface area contributed by atoms with E-state index in [1.54, 1.807) is 19.2 Å². The van der Waals surface area contributed by atoms with Crippen molar-refractivity contribution in [3.63, 3.8) is 0 Å². The smallest absolute Gasteiger partial charge is 0.237 e. The topological polar surface area (TPSA) is 76.1 Å². The van der Waals surface area contributed by atoms with Gasteiger partial charge in [-0.15, -0.1) is 0 Å². The Bertz CT molecular complexity index is 785. The monoisotopic (exact) mass is 369 g/mol. The van der Waals surface area contributed by atoms with E-state index in [9.17, 15) is 9.59 Å². The summed E-state index contributed by atoms with van der Waals surface area (Å²) in [6.45, 7) is 0.437. The first-order chi connectivity index (χ1) is 13.1. The fourth-order valence-electron chi connectivity index (χ4n) is 3.19. The molecule has 0 radical (unpaired) electrons. The third kappa shape index (κ3) is 4.46. The largest absolute Gasteiger partial charge is 0.497 e. The van der Waals surface area contributed by atoms with Crippen LogP contribution in [0.15, 0.2) is 48.5 Å². The normalized spacial score (nSPS) is 17.1. The van der Waals surface area contributed by atoms with Crippen molar-refractivity contribution in [1.82, 2.24) is 4.90 Å². The van der Waals surface area contributed by atoms with Crippen LogP contribution in [0.25, 0.3) is 0 Å². The van der Waals surface area contributed by atoms with Crippen molar-refractivity contribution in [2.75, 3.05) is 20.3 Å². The molecule has 6 nitrogen and oxygen atoms in total. The van der Waals surface area contributed by atoms with Crippen molar-refractivity contribution in [2.24, 2.45) is 0 Å². The van der Waals surface area contributed by atoms with E-state index < -0.39 is 0 Å². The lowest BCUT2D eigenvalue weighted by atomic mass is 9.89. The van der Waals surface area contributed by atoms with Gasteiger partial charge in [-0.05, 0) is 41.8 Å². The van der Waals surface area contributed by atoms with Gasteiger partial charge in [-0.25, -0.2) is 0 Å². The lowest BCUT2D eigenvalue weighted by Crippen LogP contribution is -2.43. The molecule has 2 aromatic rings. The number of carbonyl (C=O) groups is 2. The number of aliphatic hydroxyl groups is 1. The van der Waals surface area contributed by atoms with Gasteiger partial charge in [-0.1, -0.05) is 24.3 Å². The van der Waals surface area contributed by atoms with E-state index >= 15 is 0 Å². The number of ether oxygens (including phenoxy) is 2. The SMILES string of the molecule is COc1ccc(CN2C(=O)CCC(c3ccc(OCCO)cc3)C2=O)cc1. The maximum absolute atomic E-state index is 12.9. The maximum atomic E-state index is 12.9. The Balaban J connectivity index is 1.72. The first kappa shape index (κ1) is 18.9. The van der Waals surface area contributed by atoms with Crippen molar-refractivity contribution in [3.05, 3.63) is 59.7 Å². The summed E-state index contributed by atoms with van der Waals surface area (Å²) in [6.07, 6.45) is 0.850. The molecule has 6 heteroatoms. The molecule has 0 aromatic heterocycles. The number of likely N-dealkylation sites (tertiary alicyclic amines) is 1. The number of rotatable bonds is 7. The van der Waals surface area contributed by atoms with Crippen LogP contribution in [0.1, 0.15) is 29.9 Å². The minimum atomic E-state index is -0.340. The number of benzene rings is 2. The predicted molar refractivity (Wildman–Crippen MR) is 99.5 cm³/mol. The lowest BCUT2D eigenvalue weighted by Gasteiger charge is -2.31. The van der Waals surface area contributed by atoms with E-state index in [4.69, 9.17) is 14.6 Å². The second-order valence-electron chi connectivity index (χ2n) is 6.40. The van der Waals surface area contributed by atoms with Crippen LogP contribution in [-0.4, -0.2) is 42.1 Å². The van der Waals surface area contributed by atoms with Crippen LogP contribution in [0.2, 0.25) is 0 Å². The van der Waals surface area contributed by atoms with Gasteiger partial charge in [0.05, 0.1) is 26.2 Å². The second kappa shape index (κ2) is 8.68. The zero-order valence-corrected chi connectivity index (χ0v) is 15.3. The fraction of sp³-hybridized carbons (Fsp3) is 0.333. The zero-order chi connectivity index (χ0) is 19.2. The molecule has 1 saturated heterocycles. The molecular weight excluding hydrogens is 346 g/mol. The molecule has 1 atom stereocenters. The zero-order valence-electron chi connectivity index (χ0n) is 15.3. The Morgan fingerprint density at radius 1 is 1.04 bits per heavy atom. The van der Waals surface area contributed by atoms with Crippen LogP contribution in [0.5, 0.6) is 11.5 Å². The van der Waals surface area contributed by atoms with Crippen molar-refractivity contribution in [1.29, 1.82) is 0 Å². The highest BCUT2D eigenvalue weighted by molar-refractivity contribution is 6.01. The maximum Gasteiger partial charge on any atom is 0.237 e. The minimum Gasteiger partial charge on any atom is -0.497 e. The van der Waals surface area contributed by atoms with Crippen LogP contribution < -0.4 is 9.47 Å². The summed E-state index contributed by atoms with van der Waals surface area (Å²) in [6, 6.07) is 14.6. The summed E-state index contributed by atoms with van der Waals surface area (Å²) >= 11 is 0. The highest BCUT2D eigenvalue weighted by Gasteiger charge is 2.35. The highest BCUT2D eigenvalue weighted by Crippen LogP contribution is 2.31. The molecule has 2 aromatic carbocycles. The third-order valence-electron chi connectivity index (χ3n) is 4.65. The summed E-state index contributed by atoms with van der Waals surface area (Å²) in [4.78, 5) is 26.6. The third-order valence-corrected chi connectivity index (χ3v) is 4.65. The first-order valence-electron chi connectivity index (χ1n) is 8.93. The molecule has 1 fully saturated rings. The van der Waals surface area contributed by atoms with Crippen LogP contribution in [0.4, 0.5) is 0 Å². The van der Waals surface area contributed by atoms with Gasteiger partial charge in [0.15, 0.2) is 0 Å². The molecule has 1 N–H and O–H groups in total. The van der Waals surface area contributed by atoms with Gasteiger partial charge in [-0.2, -0.15) is 0 Å². The molecule has 0 spiro atoms. The van der Waals surface area contributed by atoms with Gasteiger partial charge in [0.2, 0.25) is 11.8 Å². The molecule has 2 amide bonds. The first-order valence-corrected chi connectivity index (χ1v) is 8.93. The molecule has 1 unspecified atom stereocenters. The van der Waals surface area contributed by atoms with Gasteiger partial charge in [0, 0.05) is 6.42 Å². The Morgan fingerprint density at radius 2 is 1.70 bits per heavy atom. The van der Waals surface area contributed by atoms with Gasteiger partial charge in [0.25, 0.3) is 0 Å². The number of amides is 2. The van der Waals surface area contributed by atoms with E-state index in [2.05, 4.69) is 0 Å². The summed E-state index contributed by atoms with van der Waals surface area (Å²) in [5, 5.41) is 8.81. The Labute approximate surface area is 158 Å². The number of aliphatic hydroxyl groups excluding tert-OH is 1. The van der Waals surface area contributed by atoms with Crippen molar-refractivity contribution >= 4 is 11.8 Å². The second-order valence-corrected chi connectivity index (χ2v) is 6.40. The number of imide groups is 1. The Hall–Kier alpha value is -2.86. The molecule has 3 rings (SSSR count). The van der Waals surface area contributed by atoms with Crippen LogP contribution in [-0.2, 0) is 16.1 Å². The van der Waals surface area contributed by atoms with E-state index in [1.807, 2.05) is 36.4 Å². The van der Waals surface area contributed by atoms with Crippen LogP contribution >= 0.6 is 0 Å². The van der Waals surface area contributed by atoms with Gasteiger partial charge in [-0.3, -0.25) is 14.5 Å². The van der Waals surface area contributed by atoms with E-state index in [1.165, 1.54) is 4.90 Å². The number of hydrogen-bond donors (Lipinski definition) is 1. The molecule has 1 aliphatic rings. The van der Waals surface area contributed by atoms with Gasteiger partial charge < -0.3 is 14.6 Å². The Morgan fingerprint density at radius 3 is 2.33 bits per heavy atom. The number of methoxy groups -OCH3 is 1. The summed E-state index contributed by atoms with van der Waals surface area (Å²) in [5.74, 6) is 0.715. The standard InChI is InChI=1S/C21H23NO5/c1-26-17-6-2-15(3-7-17)14-22-20(24)11-10-19(21(22)25)16-4-8-18(9-5-16)27-13-12-23/h2-9,19,23H,10-14H2,1H3. The number of piperidine rings is 1. The quantitative estimate of drug-likeness (QED) is 0.759. The van der Waals surface area contributed by atoms with Gasteiger partial charge >= 0.3 is 0 Å². The van der Waals surface area contributed by atoms with E-state index in [0.717, 1.165) is 16.9 Å². The molecular formula is C21H23NO5. The molecule has 0 bridgehead atoms. The van der Waals surface area contributed by atoms with Crippen LogP contribution in [0.3, 0.4) is 0 Å². The molecule has 1 heterocycles. The summed E-state index contributed by atoms with van der Waals surface area (Å²) < 4.78 is 10.5. The highest BCUT2D eigenvalue weighted by atomic mass is 16.5. The summed E-state index contributed by atoms with van der Waals surface area (Å²) in [7, 11) is 1.59. The van der Waals surface area contributed by atoms with E-state index in [-0.39, 0.29) is 37.5 Å². The van der Waals surface area contributed by atoms with Crippen molar-refractivity contribution in [2.45, 2.75) is 25.3 Å². The number of carbonyl (C=O) groups excluding carboxylic acids is 2. The van der Waals surface area contributed by atoms with Gasteiger partial charge in [0.1, 0.15) is 18.1 Å². The molecule has 0 saturated carbocycles. The molecule has 142 valence electrons. The molecule has 1 aliphatic heterocycles. The average Bonchev–Trinajstić information content (AvgIpc) is 2.70. The number of hydrogen-bond acceptors (Lipinski definition) is 5. The average molecular weight is 369 g/mol. The van der Waals surface area contributed by atoms with Crippen LogP contribution in [0, 0.1) is 0 Å². The lowest BCUT2D eigenvalue weighted by molar-refractivity contribution is -0.150. The minimum absolute atomic E-state index is 0.0503. The Kier molecular flexibility index (Phi) is 6.08. The summed E-state index contributed by atoms with van der Waals surface area (Å²) in [5.41, 5.74) is 1.74. The predicted octanol–water partition coefficient (Wildman–Crippen LogP) is 2.50.